The number of primary amides is 1. The number of aromatic nitrogens is 2. The highest BCUT2D eigenvalue weighted by Crippen LogP contribution is 2.27. The predicted molar refractivity (Wildman–Crippen MR) is 90.8 cm³/mol. The summed E-state index contributed by atoms with van der Waals surface area (Å²) < 4.78 is 14.0. The van der Waals surface area contributed by atoms with Crippen LogP contribution in [0.2, 0.25) is 0 Å². The molecule has 2 aromatic heterocycles. The minimum atomic E-state index is -1.35. The number of carbonyl (C=O) groups excluding carboxylic acids is 1. The van der Waals surface area contributed by atoms with Gasteiger partial charge in [-0.15, -0.1) is 0 Å². The lowest BCUT2D eigenvalue weighted by Crippen LogP contribution is -2.16. The molecule has 1 atom stereocenters. The molecule has 24 heavy (non-hydrogen) atoms. The Balaban J connectivity index is 2.22. The molecule has 1 aromatic carbocycles. The van der Waals surface area contributed by atoms with E-state index >= 15 is 0 Å². The van der Waals surface area contributed by atoms with Crippen LogP contribution in [0, 0.1) is 11.3 Å². The van der Waals surface area contributed by atoms with Crippen LogP contribution in [0.3, 0.4) is 0 Å². The summed E-state index contributed by atoms with van der Waals surface area (Å²) in [6, 6.07) is 11.0. The van der Waals surface area contributed by atoms with E-state index in [0.29, 0.717) is 21.7 Å². The topological polar surface area (TPSA) is 101 Å². The van der Waals surface area contributed by atoms with Crippen LogP contribution in [0.15, 0.2) is 47.6 Å². The first-order valence-corrected chi connectivity index (χ1v) is 8.57. The second kappa shape index (κ2) is 6.26. The molecule has 1 amide bonds. The average molecular weight is 338 g/mol. The first-order chi connectivity index (χ1) is 11.5. The summed E-state index contributed by atoms with van der Waals surface area (Å²) in [5, 5.41) is 13.1. The van der Waals surface area contributed by atoms with Crippen LogP contribution in [0.25, 0.3) is 16.6 Å². The highest BCUT2D eigenvalue weighted by atomic mass is 32.2. The van der Waals surface area contributed by atoms with E-state index in [1.807, 2.05) is 18.2 Å². The third-order valence-corrected chi connectivity index (χ3v) is 5.10. The summed E-state index contributed by atoms with van der Waals surface area (Å²) in [6.07, 6.45) is 3.14. The van der Waals surface area contributed by atoms with E-state index in [1.165, 1.54) is 6.20 Å². The Morgan fingerprint density at radius 1 is 1.33 bits per heavy atom. The fourth-order valence-electron chi connectivity index (χ4n) is 2.49. The first kappa shape index (κ1) is 15.9. The van der Waals surface area contributed by atoms with Gasteiger partial charge in [-0.3, -0.25) is 9.00 Å². The van der Waals surface area contributed by atoms with Gasteiger partial charge in [-0.2, -0.15) is 10.4 Å². The van der Waals surface area contributed by atoms with E-state index in [1.54, 1.807) is 29.8 Å². The molecule has 0 aliphatic heterocycles. The van der Waals surface area contributed by atoms with Gasteiger partial charge in [0.25, 0.3) is 5.91 Å². The van der Waals surface area contributed by atoms with E-state index in [-0.39, 0.29) is 5.56 Å². The lowest BCUT2D eigenvalue weighted by molar-refractivity contribution is 0.0997. The van der Waals surface area contributed by atoms with Crippen LogP contribution in [0.4, 0.5) is 0 Å². The number of hydrogen-bond donors (Lipinski definition) is 1. The number of rotatable bonds is 4. The number of nitrogens with zero attached hydrogens (tertiary/aromatic N) is 3. The molecule has 7 heteroatoms. The normalized spacial score (nSPS) is 12.0. The van der Waals surface area contributed by atoms with Gasteiger partial charge in [-0.1, -0.05) is 19.1 Å². The Morgan fingerprint density at radius 2 is 2.04 bits per heavy atom. The van der Waals surface area contributed by atoms with Crippen molar-refractivity contribution in [1.29, 1.82) is 5.26 Å². The molecule has 1 unspecified atom stereocenters. The maximum atomic E-state index is 12.4. The molecule has 0 saturated heterocycles. The molecule has 0 radical (unpaired) electrons. The lowest BCUT2D eigenvalue weighted by atomic mass is 10.1. The van der Waals surface area contributed by atoms with Crippen molar-refractivity contribution in [3.63, 3.8) is 0 Å². The summed E-state index contributed by atoms with van der Waals surface area (Å²) in [4.78, 5) is 12.0. The molecule has 0 saturated carbocycles. The summed E-state index contributed by atoms with van der Waals surface area (Å²) in [6.45, 7) is 1.78. The fraction of sp³-hybridized carbons (Fsp3) is 0.118. The zero-order valence-corrected chi connectivity index (χ0v) is 13.7. The van der Waals surface area contributed by atoms with Crippen molar-refractivity contribution in [1.82, 2.24) is 9.61 Å². The molecule has 0 aliphatic rings. The van der Waals surface area contributed by atoms with Crippen LogP contribution in [0.1, 0.15) is 22.8 Å². The second-order valence-corrected chi connectivity index (χ2v) is 6.81. The zero-order valence-electron chi connectivity index (χ0n) is 12.9. The Morgan fingerprint density at radius 3 is 2.62 bits per heavy atom. The van der Waals surface area contributed by atoms with Gasteiger partial charge in [0.1, 0.15) is 0 Å². The van der Waals surface area contributed by atoms with E-state index in [2.05, 4.69) is 11.2 Å². The van der Waals surface area contributed by atoms with Crippen molar-refractivity contribution in [3.05, 3.63) is 53.9 Å². The van der Waals surface area contributed by atoms with Crippen molar-refractivity contribution >= 4 is 22.2 Å². The zero-order chi connectivity index (χ0) is 17.3. The summed E-state index contributed by atoms with van der Waals surface area (Å²) >= 11 is 0. The van der Waals surface area contributed by atoms with Crippen molar-refractivity contribution in [2.75, 3.05) is 5.75 Å². The molecule has 6 nitrogen and oxygen atoms in total. The van der Waals surface area contributed by atoms with Gasteiger partial charge in [0.15, 0.2) is 0 Å². The molecule has 0 spiro atoms. The molecule has 3 aromatic rings. The smallest absolute Gasteiger partial charge is 0.251 e. The van der Waals surface area contributed by atoms with Crippen molar-refractivity contribution < 1.29 is 9.00 Å². The molecule has 0 fully saturated rings. The van der Waals surface area contributed by atoms with Gasteiger partial charge in [-0.05, 0) is 23.8 Å². The Hall–Kier alpha value is -2.98. The van der Waals surface area contributed by atoms with E-state index < -0.39 is 16.7 Å². The molecule has 0 aliphatic carbocycles. The standard InChI is InChI=1S/C17H14N4O2S/c1-2-24(23)16-14(17(19)22)9-20-21-10-13(7-15(16)21)12-5-3-11(8-18)4-6-12/h3-7,9-10H,2H2,1H3,(H2,19,22). The number of benzene rings is 1. The third-order valence-electron chi connectivity index (χ3n) is 3.69. The third kappa shape index (κ3) is 2.68. The van der Waals surface area contributed by atoms with Gasteiger partial charge in [0.05, 0.1) is 44.6 Å². The second-order valence-electron chi connectivity index (χ2n) is 5.13. The monoisotopic (exact) mass is 338 g/mol. The lowest BCUT2D eigenvalue weighted by Gasteiger charge is -2.07. The van der Waals surface area contributed by atoms with Gasteiger partial charge in [0, 0.05) is 17.5 Å². The maximum Gasteiger partial charge on any atom is 0.251 e. The minimum Gasteiger partial charge on any atom is -0.366 e. The quantitative estimate of drug-likeness (QED) is 0.787. The Bertz CT molecular complexity index is 1000. The number of nitrogens with two attached hydrogens (primary N) is 1. The SMILES string of the molecule is CCS(=O)c1c(C(N)=O)cnn2cc(-c3ccc(C#N)cc3)cc12. The van der Waals surface area contributed by atoms with Crippen molar-refractivity contribution in [3.8, 4) is 17.2 Å². The summed E-state index contributed by atoms with van der Waals surface area (Å²) in [5.74, 6) is -0.278. The number of nitriles is 1. The molecule has 120 valence electrons. The maximum absolute atomic E-state index is 12.4. The number of amides is 1. The molecule has 3 rings (SSSR count). The number of fused-ring (bicyclic) bond motifs is 1. The van der Waals surface area contributed by atoms with E-state index in [4.69, 9.17) is 11.0 Å². The highest BCUT2D eigenvalue weighted by molar-refractivity contribution is 7.85. The van der Waals surface area contributed by atoms with Crippen LogP contribution >= 0.6 is 0 Å². The molecular weight excluding hydrogens is 324 g/mol. The molecule has 0 bridgehead atoms. The van der Waals surface area contributed by atoms with Crippen LogP contribution in [0.5, 0.6) is 0 Å². The van der Waals surface area contributed by atoms with E-state index in [0.717, 1.165) is 11.1 Å². The van der Waals surface area contributed by atoms with Crippen molar-refractivity contribution in [2.24, 2.45) is 5.73 Å². The average Bonchev–Trinajstić information content (AvgIpc) is 3.04. The van der Waals surface area contributed by atoms with Crippen LogP contribution < -0.4 is 5.73 Å². The Kier molecular flexibility index (Phi) is 4.15. The molecule has 2 N–H and O–H groups in total. The van der Waals surface area contributed by atoms with Crippen molar-refractivity contribution in [2.45, 2.75) is 11.8 Å². The first-order valence-electron chi connectivity index (χ1n) is 7.25. The highest BCUT2D eigenvalue weighted by Gasteiger charge is 2.19. The van der Waals surface area contributed by atoms with Gasteiger partial charge >= 0.3 is 0 Å². The summed E-state index contributed by atoms with van der Waals surface area (Å²) in [5.41, 5.74) is 8.48. The number of hydrogen-bond acceptors (Lipinski definition) is 4. The van der Waals surface area contributed by atoms with E-state index in [9.17, 15) is 9.00 Å². The molecular formula is C17H14N4O2S. The fourth-order valence-corrected chi connectivity index (χ4v) is 3.56. The Labute approximate surface area is 141 Å². The predicted octanol–water partition coefficient (Wildman–Crippen LogP) is 2.10. The largest absolute Gasteiger partial charge is 0.366 e. The van der Waals surface area contributed by atoms with Gasteiger partial charge < -0.3 is 5.73 Å². The van der Waals surface area contributed by atoms with Gasteiger partial charge in [0.2, 0.25) is 0 Å². The van der Waals surface area contributed by atoms with Crippen LogP contribution in [-0.4, -0.2) is 25.5 Å². The van der Waals surface area contributed by atoms with Crippen LogP contribution in [-0.2, 0) is 10.8 Å². The molecule has 2 heterocycles. The number of carbonyl (C=O) groups is 1. The summed E-state index contributed by atoms with van der Waals surface area (Å²) in [7, 11) is -1.35. The van der Waals surface area contributed by atoms with Gasteiger partial charge in [-0.25, -0.2) is 4.52 Å². The minimum absolute atomic E-state index is 0.173.